The van der Waals surface area contributed by atoms with E-state index in [1.54, 1.807) is 0 Å². The maximum Gasteiger partial charge on any atom is 0.259 e. The smallest absolute Gasteiger partial charge is 0.259 e. The predicted octanol–water partition coefficient (Wildman–Crippen LogP) is 2.84. The Balaban J connectivity index is 1.82. The molecule has 0 aliphatic heterocycles. The molecular formula is C16H15F2N3O. The van der Waals surface area contributed by atoms with Gasteiger partial charge in [-0.15, -0.1) is 0 Å². The molecule has 0 spiro atoms. The van der Waals surface area contributed by atoms with Crippen molar-refractivity contribution in [3.8, 4) is 0 Å². The summed E-state index contributed by atoms with van der Waals surface area (Å²) in [5.74, 6) is -1.78. The summed E-state index contributed by atoms with van der Waals surface area (Å²) in [6, 6.07) is 10.7. The molecule has 114 valence electrons. The van der Waals surface area contributed by atoms with Crippen molar-refractivity contribution in [1.29, 1.82) is 0 Å². The van der Waals surface area contributed by atoms with Crippen molar-refractivity contribution < 1.29 is 13.6 Å². The molecule has 0 aliphatic carbocycles. The van der Waals surface area contributed by atoms with E-state index in [0.717, 1.165) is 29.6 Å². The van der Waals surface area contributed by atoms with Crippen molar-refractivity contribution >= 4 is 17.8 Å². The minimum absolute atomic E-state index is 0.0340. The highest BCUT2D eigenvalue weighted by atomic mass is 19.1. The number of halogens is 2. The number of nitrogens with one attached hydrogen (secondary N) is 2. The van der Waals surface area contributed by atoms with E-state index in [2.05, 4.69) is 15.8 Å². The monoisotopic (exact) mass is 303 g/mol. The molecule has 0 bridgehead atoms. The molecule has 0 radical (unpaired) electrons. The SMILES string of the molecule is Cc1ccc(NCC(=O)N/N=C\c2ccc(F)cc2F)cc1. The van der Waals surface area contributed by atoms with Crippen LogP contribution < -0.4 is 10.7 Å². The first-order valence-corrected chi connectivity index (χ1v) is 6.62. The highest BCUT2D eigenvalue weighted by Crippen LogP contribution is 2.08. The molecule has 0 fully saturated rings. The molecular weight excluding hydrogens is 288 g/mol. The second-order valence-electron chi connectivity index (χ2n) is 4.68. The summed E-state index contributed by atoms with van der Waals surface area (Å²) in [6.07, 6.45) is 1.12. The van der Waals surface area contributed by atoms with E-state index >= 15 is 0 Å². The molecule has 4 nitrogen and oxygen atoms in total. The van der Waals surface area contributed by atoms with Crippen LogP contribution in [-0.2, 0) is 4.79 Å². The van der Waals surface area contributed by atoms with Crippen LogP contribution in [-0.4, -0.2) is 18.7 Å². The molecule has 2 rings (SSSR count). The summed E-state index contributed by atoms with van der Waals surface area (Å²) >= 11 is 0. The number of carbonyl (C=O) groups excluding carboxylic acids is 1. The highest BCUT2D eigenvalue weighted by Gasteiger charge is 2.02. The molecule has 0 unspecified atom stereocenters. The Hall–Kier alpha value is -2.76. The summed E-state index contributed by atoms with van der Waals surface area (Å²) in [4.78, 5) is 11.6. The number of hydrazone groups is 1. The molecule has 6 heteroatoms. The van der Waals surface area contributed by atoms with Gasteiger partial charge in [0.05, 0.1) is 12.8 Å². The number of aryl methyl sites for hydroxylation is 1. The van der Waals surface area contributed by atoms with Gasteiger partial charge < -0.3 is 5.32 Å². The minimum Gasteiger partial charge on any atom is -0.376 e. The van der Waals surface area contributed by atoms with E-state index < -0.39 is 11.6 Å². The van der Waals surface area contributed by atoms with Crippen LogP contribution in [0.25, 0.3) is 0 Å². The molecule has 0 aliphatic rings. The fourth-order valence-electron chi connectivity index (χ4n) is 1.67. The summed E-state index contributed by atoms with van der Waals surface area (Å²) < 4.78 is 26.0. The zero-order valence-corrected chi connectivity index (χ0v) is 11.9. The zero-order chi connectivity index (χ0) is 15.9. The third kappa shape index (κ3) is 4.66. The Morgan fingerprint density at radius 3 is 2.59 bits per heavy atom. The van der Waals surface area contributed by atoms with E-state index in [9.17, 15) is 13.6 Å². The average Bonchev–Trinajstić information content (AvgIpc) is 2.49. The van der Waals surface area contributed by atoms with Gasteiger partial charge in [0.25, 0.3) is 5.91 Å². The molecule has 0 saturated heterocycles. The first-order chi connectivity index (χ1) is 10.5. The Labute approximate surface area is 126 Å². The average molecular weight is 303 g/mol. The van der Waals surface area contributed by atoms with E-state index in [4.69, 9.17) is 0 Å². The summed E-state index contributed by atoms with van der Waals surface area (Å²) in [6.45, 7) is 2.01. The van der Waals surface area contributed by atoms with E-state index in [-0.39, 0.29) is 18.0 Å². The standard InChI is InChI=1S/C16H15F2N3O/c1-11-2-6-14(7-3-11)19-10-16(22)21-20-9-12-4-5-13(17)8-15(12)18/h2-9,19H,10H2,1H3,(H,21,22)/b20-9-. The van der Waals surface area contributed by atoms with Gasteiger partial charge in [0.1, 0.15) is 11.6 Å². The van der Waals surface area contributed by atoms with Gasteiger partial charge in [-0.25, -0.2) is 14.2 Å². The van der Waals surface area contributed by atoms with Crippen molar-refractivity contribution in [2.24, 2.45) is 5.10 Å². The quantitative estimate of drug-likeness (QED) is 0.659. The van der Waals surface area contributed by atoms with Crippen LogP contribution in [0.1, 0.15) is 11.1 Å². The second-order valence-corrected chi connectivity index (χ2v) is 4.68. The van der Waals surface area contributed by atoms with Crippen LogP contribution in [0.5, 0.6) is 0 Å². The predicted molar refractivity (Wildman–Crippen MR) is 81.8 cm³/mol. The number of nitrogens with zero attached hydrogens (tertiary/aromatic N) is 1. The lowest BCUT2D eigenvalue weighted by Gasteiger charge is -2.05. The lowest BCUT2D eigenvalue weighted by Crippen LogP contribution is -2.25. The molecule has 0 heterocycles. The number of hydrogen-bond donors (Lipinski definition) is 2. The van der Waals surface area contributed by atoms with Gasteiger partial charge in [-0.1, -0.05) is 17.7 Å². The maximum atomic E-state index is 13.3. The molecule has 2 aromatic carbocycles. The van der Waals surface area contributed by atoms with Gasteiger partial charge in [0.2, 0.25) is 0 Å². The lowest BCUT2D eigenvalue weighted by atomic mass is 10.2. The Bertz CT molecular complexity index is 684. The maximum absolute atomic E-state index is 13.3. The van der Waals surface area contributed by atoms with Crippen LogP contribution in [0, 0.1) is 18.6 Å². The molecule has 0 aromatic heterocycles. The van der Waals surface area contributed by atoms with Crippen LogP contribution in [0.3, 0.4) is 0 Å². The van der Waals surface area contributed by atoms with Crippen molar-refractivity contribution in [2.75, 3.05) is 11.9 Å². The van der Waals surface area contributed by atoms with Crippen LogP contribution in [0.4, 0.5) is 14.5 Å². The molecule has 2 aromatic rings. The summed E-state index contributed by atoms with van der Waals surface area (Å²) in [5, 5.41) is 6.56. The Morgan fingerprint density at radius 2 is 1.91 bits per heavy atom. The first-order valence-electron chi connectivity index (χ1n) is 6.62. The number of benzene rings is 2. The summed E-state index contributed by atoms with van der Waals surface area (Å²) in [7, 11) is 0. The largest absolute Gasteiger partial charge is 0.376 e. The number of carbonyl (C=O) groups is 1. The molecule has 1 amide bonds. The molecule has 0 saturated carbocycles. The Kier molecular flexibility index (Phi) is 5.19. The second kappa shape index (κ2) is 7.31. The topological polar surface area (TPSA) is 53.5 Å². The van der Waals surface area contributed by atoms with Gasteiger partial charge >= 0.3 is 0 Å². The van der Waals surface area contributed by atoms with E-state index in [1.165, 1.54) is 6.07 Å². The zero-order valence-electron chi connectivity index (χ0n) is 11.9. The van der Waals surface area contributed by atoms with E-state index in [1.807, 2.05) is 31.2 Å². The number of anilines is 1. The molecule has 0 atom stereocenters. The number of rotatable bonds is 5. The minimum atomic E-state index is -0.740. The fourth-order valence-corrected chi connectivity index (χ4v) is 1.67. The highest BCUT2D eigenvalue weighted by molar-refractivity contribution is 5.84. The van der Waals surface area contributed by atoms with Crippen LogP contribution >= 0.6 is 0 Å². The Morgan fingerprint density at radius 1 is 1.18 bits per heavy atom. The van der Waals surface area contributed by atoms with Crippen LogP contribution in [0.2, 0.25) is 0 Å². The first kappa shape index (κ1) is 15.6. The van der Waals surface area contributed by atoms with Gasteiger partial charge in [-0.05, 0) is 31.2 Å². The molecule has 2 N–H and O–H groups in total. The summed E-state index contributed by atoms with van der Waals surface area (Å²) in [5.41, 5.74) is 4.29. The van der Waals surface area contributed by atoms with Crippen molar-refractivity contribution in [3.05, 3.63) is 65.2 Å². The van der Waals surface area contributed by atoms with Crippen molar-refractivity contribution in [2.45, 2.75) is 6.92 Å². The van der Waals surface area contributed by atoms with Gasteiger partial charge in [0, 0.05) is 17.3 Å². The van der Waals surface area contributed by atoms with Gasteiger partial charge in [-0.2, -0.15) is 5.10 Å². The normalized spacial score (nSPS) is 10.7. The third-order valence-corrected chi connectivity index (χ3v) is 2.86. The van der Waals surface area contributed by atoms with Crippen molar-refractivity contribution in [1.82, 2.24) is 5.43 Å². The lowest BCUT2D eigenvalue weighted by molar-refractivity contribution is -0.119. The fraction of sp³-hybridized carbons (Fsp3) is 0.125. The van der Waals surface area contributed by atoms with Crippen LogP contribution in [0.15, 0.2) is 47.6 Å². The van der Waals surface area contributed by atoms with Crippen molar-refractivity contribution in [3.63, 3.8) is 0 Å². The molecule has 22 heavy (non-hydrogen) atoms. The van der Waals surface area contributed by atoms with Gasteiger partial charge in [-0.3, -0.25) is 4.79 Å². The number of amides is 1. The van der Waals surface area contributed by atoms with Gasteiger partial charge in [0.15, 0.2) is 0 Å². The van der Waals surface area contributed by atoms with E-state index in [0.29, 0.717) is 0 Å². The number of hydrogen-bond acceptors (Lipinski definition) is 3. The third-order valence-electron chi connectivity index (χ3n) is 2.86.